The molecule has 4 heteroatoms. The minimum absolute atomic E-state index is 0.125. The minimum Gasteiger partial charge on any atom is -0.396 e. The van der Waals surface area contributed by atoms with Crippen molar-refractivity contribution in [2.75, 3.05) is 6.61 Å². The summed E-state index contributed by atoms with van der Waals surface area (Å²) in [7, 11) is 0. The fourth-order valence-electron chi connectivity index (χ4n) is 0.794. The lowest BCUT2D eigenvalue weighted by atomic mass is 10.2. The third kappa shape index (κ3) is 2.78. The van der Waals surface area contributed by atoms with E-state index in [9.17, 15) is 0 Å². The number of thiocarbonyl (C=S) groups is 1. The SMILES string of the molecule is OCCC(=S)Cc1ncc[nH]1. The van der Waals surface area contributed by atoms with Gasteiger partial charge in [0, 0.05) is 36.7 Å². The zero-order valence-corrected chi connectivity index (χ0v) is 6.90. The van der Waals surface area contributed by atoms with Crippen molar-refractivity contribution < 1.29 is 5.11 Å². The largest absolute Gasteiger partial charge is 0.396 e. The molecule has 0 spiro atoms. The van der Waals surface area contributed by atoms with Crippen molar-refractivity contribution in [3.05, 3.63) is 18.2 Å². The number of imidazole rings is 1. The topological polar surface area (TPSA) is 48.9 Å². The molecule has 0 fully saturated rings. The molecule has 0 amide bonds. The first-order chi connectivity index (χ1) is 5.33. The number of hydrogen-bond donors (Lipinski definition) is 2. The molecular weight excluding hydrogens is 160 g/mol. The minimum atomic E-state index is 0.125. The van der Waals surface area contributed by atoms with Crippen molar-refractivity contribution in [1.29, 1.82) is 0 Å². The van der Waals surface area contributed by atoms with Crippen LogP contribution in [0.2, 0.25) is 0 Å². The summed E-state index contributed by atoms with van der Waals surface area (Å²) in [4.78, 5) is 7.80. The maximum atomic E-state index is 8.55. The molecule has 1 rings (SSSR count). The van der Waals surface area contributed by atoms with E-state index in [1.165, 1.54) is 0 Å². The molecule has 0 aliphatic rings. The van der Waals surface area contributed by atoms with E-state index in [0.29, 0.717) is 12.8 Å². The Morgan fingerprint density at radius 1 is 1.73 bits per heavy atom. The smallest absolute Gasteiger partial charge is 0.110 e. The highest BCUT2D eigenvalue weighted by molar-refractivity contribution is 7.80. The number of aromatic amines is 1. The molecule has 0 radical (unpaired) electrons. The summed E-state index contributed by atoms with van der Waals surface area (Å²) in [5.41, 5.74) is 0. The highest BCUT2D eigenvalue weighted by atomic mass is 32.1. The van der Waals surface area contributed by atoms with Gasteiger partial charge < -0.3 is 10.1 Å². The van der Waals surface area contributed by atoms with Gasteiger partial charge in [0.1, 0.15) is 5.82 Å². The van der Waals surface area contributed by atoms with Gasteiger partial charge in [0.2, 0.25) is 0 Å². The van der Waals surface area contributed by atoms with Gasteiger partial charge in [-0.2, -0.15) is 0 Å². The number of aliphatic hydroxyl groups is 1. The Morgan fingerprint density at radius 2 is 2.55 bits per heavy atom. The molecule has 0 aliphatic heterocycles. The summed E-state index contributed by atoms with van der Waals surface area (Å²) in [6.45, 7) is 0.125. The van der Waals surface area contributed by atoms with Crippen LogP contribution in [0.3, 0.4) is 0 Å². The van der Waals surface area contributed by atoms with Crippen LogP contribution in [0.1, 0.15) is 12.2 Å². The molecule has 0 aromatic carbocycles. The van der Waals surface area contributed by atoms with Gasteiger partial charge in [-0.15, -0.1) is 0 Å². The van der Waals surface area contributed by atoms with Gasteiger partial charge in [-0.25, -0.2) is 4.98 Å². The van der Waals surface area contributed by atoms with Gasteiger partial charge in [0.25, 0.3) is 0 Å². The second-order valence-electron chi connectivity index (χ2n) is 2.22. The molecule has 1 aromatic heterocycles. The second kappa shape index (κ2) is 4.20. The maximum Gasteiger partial charge on any atom is 0.110 e. The van der Waals surface area contributed by atoms with E-state index in [4.69, 9.17) is 17.3 Å². The quantitative estimate of drug-likeness (QED) is 0.654. The summed E-state index contributed by atoms with van der Waals surface area (Å²) < 4.78 is 0. The number of hydrogen-bond acceptors (Lipinski definition) is 3. The van der Waals surface area contributed by atoms with Crippen molar-refractivity contribution in [2.45, 2.75) is 12.8 Å². The summed E-state index contributed by atoms with van der Waals surface area (Å²) in [6, 6.07) is 0. The van der Waals surface area contributed by atoms with E-state index in [0.717, 1.165) is 10.7 Å². The lowest BCUT2D eigenvalue weighted by Crippen LogP contribution is -2.03. The van der Waals surface area contributed by atoms with Crippen LogP contribution in [-0.2, 0) is 6.42 Å². The summed E-state index contributed by atoms with van der Waals surface area (Å²) in [6.07, 6.45) is 4.69. The molecule has 11 heavy (non-hydrogen) atoms. The van der Waals surface area contributed by atoms with Crippen LogP contribution in [0.4, 0.5) is 0 Å². The van der Waals surface area contributed by atoms with Crippen molar-refractivity contribution in [3.63, 3.8) is 0 Å². The number of nitrogens with zero attached hydrogens (tertiary/aromatic N) is 1. The Labute approximate surface area is 70.5 Å². The molecule has 3 nitrogen and oxygen atoms in total. The molecule has 1 heterocycles. The third-order valence-electron chi connectivity index (χ3n) is 1.31. The van der Waals surface area contributed by atoms with Gasteiger partial charge in [0.05, 0.1) is 0 Å². The fraction of sp³-hybridized carbons (Fsp3) is 0.429. The van der Waals surface area contributed by atoms with E-state index in [-0.39, 0.29) is 6.61 Å². The maximum absolute atomic E-state index is 8.55. The van der Waals surface area contributed by atoms with Crippen LogP contribution in [0, 0.1) is 0 Å². The number of aromatic nitrogens is 2. The molecule has 0 atom stereocenters. The molecule has 0 unspecified atom stereocenters. The normalized spacial score (nSPS) is 9.91. The third-order valence-corrected chi connectivity index (χ3v) is 1.66. The number of H-pyrrole nitrogens is 1. The van der Waals surface area contributed by atoms with Gasteiger partial charge in [0.15, 0.2) is 0 Å². The Balaban J connectivity index is 2.37. The molecule has 0 saturated carbocycles. The fourth-order valence-corrected chi connectivity index (χ4v) is 1.02. The Hall–Kier alpha value is -0.740. The van der Waals surface area contributed by atoms with Crippen molar-refractivity contribution in [3.8, 4) is 0 Å². The zero-order valence-electron chi connectivity index (χ0n) is 6.08. The van der Waals surface area contributed by atoms with Gasteiger partial charge in [-0.05, 0) is 0 Å². The molecule has 1 aromatic rings. The van der Waals surface area contributed by atoms with Crippen LogP contribution in [0.15, 0.2) is 12.4 Å². The number of rotatable bonds is 4. The second-order valence-corrected chi connectivity index (χ2v) is 2.80. The average Bonchev–Trinajstić information content (AvgIpc) is 2.40. The first-order valence-corrected chi connectivity index (χ1v) is 3.84. The molecule has 2 N–H and O–H groups in total. The van der Waals surface area contributed by atoms with Crippen molar-refractivity contribution >= 4 is 17.1 Å². The van der Waals surface area contributed by atoms with E-state index in [1.807, 2.05) is 0 Å². The Morgan fingerprint density at radius 3 is 3.09 bits per heavy atom. The van der Waals surface area contributed by atoms with Gasteiger partial charge >= 0.3 is 0 Å². The lowest BCUT2D eigenvalue weighted by molar-refractivity contribution is 0.307. The summed E-state index contributed by atoms with van der Waals surface area (Å²) >= 11 is 4.98. The van der Waals surface area contributed by atoms with Crippen molar-refractivity contribution in [1.82, 2.24) is 9.97 Å². The predicted octanol–water partition coefficient (Wildman–Crippen LogP) is 0.704. The first-order valence-electron chi connectivity index (χ1n) is 3.43. The van der Waals surface area contributed by atoms with Crippen LogP contribution in [0.5, 0.6) is 0 Å². The summed E-state index contributed by atoms with van der Waals surface area (Å²) in [5, 5.41) is 8.55. The van der Waals surface area contributed by atoms with Gasteiger partial charge in [-0.1, -0.05) is 12.2 Å². The van der Waals surface area contributed by atoms with Gasteiger partial charge in [-0.3, -0.25) is 0 Å². The van der Waals surface area contributed by atoms with E-state index in [2.05, 4.69) is 9.97 Å². The van der Waals surface area contributed by atoms with E-state index < -0.39 is 0 Å². The van der Waals surface area contributed by atoms with E-state index >= 15 is 0 Å². The highest BCUT2D eigenvalue weighted by Crippen LogP contribution is 1.96. The lowest BCUT2D eigenvalue weighted by Gasteiger charge is -1.96. The molecule has 60 valence electrons. The monoisotopic (exact) mass is 170 g/mol. The van der Waals surface area contributed by atoms with Crippen LogP contribution >= 0.6 is 12.2 Å². The Bertz CT molecular complexity index is 220. The molecule has 0 saturated heterocycles. The highest BCUT2D eigenvalue weighted by Gasteiger charge is 1.99. The predicted molar refractivity (Wildman–Crippen MR) is 46.6 cm³/mol. The van der Waals surface area contributed by atoms with E-state index in [1.54, 1.807) is 12.4 Å². The molecule has 0 bridgehead atoms. The van der Waals surface area contributed by atoms with Crippen LogP contribution in [-0.4, -0.2) is 26.5 Å². The zero-order chi connectivity index (χ0) is 8.10. The Kier molecular flexibility index (Phi) is 3.19. The van der Waals surface area contributed by atoms with Crippen molar-refractivity contribution in [2.24, 2.45) is 0 Å². The van der Waals surface area contributed by atoms with Crippen LogP contribution < -0.4 is 0 Å². The molecular formula is C7H10N2OS. The summed E-state index contributed by atoms with van der Waals surface area (Å²) in [5.74, 6) is 0.864. The first kappa shape index (κ1) is 8.36. The number of aliphatic hydroxyl groups excluding tert-OH is 1. The van der Waals surface area contributed by atoms with Crippen LogP contribution in [0.25, 0.3) is 0 Å². The molecule has 0 aliphatic carbocycles. The standard InChI is InChI=1S/C7H10N2OS/c10-4-1-6(11)5-7-8-2-3-9-7/h2-3,10H,1,4-5H2,(H,8,9). The number of nitrogens with one attached hydrogen (secondary N) is 1. The average molecular weight is 170 g/mol.